The lowest BCUT2D eigenvalue weighted by Crippen LogP contribution is -2.47. The maximum Gasteiger partial charge on any atom is 0.331 e. The van der Waals surface area contributed by atoms with Gasteiger partial charge in [-0.1, -0.05) is 32.1 Å². The molecule has 1 aromatic rings. The molecule has 1 aromatic carbocycles. The van der Waals surface area contributed by atoms with Crippen molar-refractivity contribution in [3.05, 3.63) is 24.3 Å². The standard InChI is InChI=1S/C17H25NO3/c1-20-15-10-8-14(9-11-15)18-17(16(19)21-2)12-6-4-3-5-7-13-17/h8-11,18H,3-7,12-13H2,1-2H3. The first-order valence-corrected chi connectivity index (χ1v) is 7.71. The first-order valence-electron chi connectivity index (χ1n) is 7.71. The summed E-state index contributed by atoms with van der Waals surface area (Å²) >= 11 is 0. The average Bonchev–Trinajstić information content (AvgIpc) is 2.50. The van der Waals surface area contributed by atoms with Crippen LogP contribution in [-0.4, -0.2) is 25.7 Å². The van der Waals surface area contributed by atoms with Crippen molar-refractivity contribution in [3.63, 3.8) is 0 Å². The quantitative estimate of drug-likeness (QED) is 0.858. The van der Waals surface area contributed by atoms with Gasteiger partial charge in [-0.2, -0.15) is 0 Å². The Balaban J connectivity index is 2.19. The number of ether oxygens (including phenoxy) is 2. The van der Waals surface area contributed by atoms with E-state index in [2.05, 4.69) is 5.32 Å². The zero-order valence-corrected chi connectivity index (χ0v) is 13.0. The van der Waals surface area contributed by atoms with Crippen LogP contribution in [0.15, 0.2) is 24.3 Å². The zero-order chi connectivity index (χ0) is 15.1. The fraction of sp³-hybridized carbons (Fsp3) is 0.588. The Hall–Kier alpha value is -1.71. The summed E-state index contributed by atoms with van der Waals surface area (Å²) in [5.41, 5.74) is 0.339. The maximum absolute atomic E-state index is 12.4. The van der Waals surface area contributed by atoms with Gasteiger partial charge in [-0.15, -0.1) is 0 Å². The van der Waals surface area contributed by atoms with Gasteiger partial charge >= 0.3 is 5.97 Å². The van der Waals surface area contributed by atoms with E-state index in [4.69, 9.17) is 9.47 Å². The molecule has 0 heterocycles. The summed E-state index contributed by atoms with van der Waals surface area (Å²) in [7, 11) is 3.12. The van der Waals surface area contributed by atoms with Crippen molar-refractivity contribution >= 4 is 11.7 Å². The van der Waals surface area contributed by atoms with E-state index in [1.807, 2.05) is 24.3 Å². The Bertz CT molecular complexity index is 448. The van der Waals surface area contributed by atoms with E-state index >= 15 is 0 Å². The van der Waals surface area contributed by atoms with Crippen LogP contribution in [0.4, 0.5) is 5.69 Å². The second kappa shape index (κ2) is 7.34. The molecular formula is C17H25NO3. The first-order chi connectivity index (χ1) is 10.2. The molecule has 0 aliphatic heterocycles. The van der Waals surface area contributed by atoms with Gasteiger partial charge in [0.15, 0.2) is 0 Å². The van der Waals surface area contributed by atoms with Gasteiger partial charge in [0.1, 0.15) is 11.3 Å². The third kappa shape index (κ3) is 3.90. The third-order valence-corrected chi connectivity index (χ3v) is 4.26. The normalized spacial score (nSPS) is 18.2. The SMILES string of the molecule is COC(=O)C1(Nc2ccc(OC)cc2)CCCCCCC1. The van der Waals surface area contributed by atoms with Crippen LogP contribution in [0.5, 0.6) is 5.75 Å². The highest BCUT2D eigenvalue weighted by Gasteiger charge is 2.39. The second-order valence-corrected chi connectivity index (χ2v) is 5.69. The van der Waals surface area contributed by atoms with Crippen molar-refractivity contribution in [2.75, 3.05) is 19.5 Å². The maximum atomic E-state index is 12.4. The first kappa shape index (κ1) is 15.7. The molecule has 0 saturated heterocycles. The van der Waals surface area contributed by atoms with Crippen LogP contribution < -0.4 is 10.1 Å². The molecule has 1 aliphatic carbocycles. The molecule has 4 nitrogen and oxygen atoms in total. The molecular weight excluding hydrogens is 266 g/mol. The van der Waals surface area contributed by atoms with Crippen LogP contribution in [0.2, 0.25) is 0 Å². The van der Waals surface area contributed by atoms with Gasteiger partial charge in [-0.05, 0) is 37.1 Å². The van der Waals surface area contributed by atoms with Crippen molar-refractivity contribution in [1.82, 2.24) is 0 Å². The van der Waals surface area contributed by atoms with Crippen LogP contribution in [-0.2, 0) is 9.53 Å². The summed E-state index contributed by atoms with van der Waals surface area (Å²) in [5.74, 6) is 0.658. The monoisotopic (exact) mass is 291 g/mol. The number of rotatable bonds is 4. The Morgan fingerprint density at radius 1 is 1.00 bits per heavy atom. The van der Waals surface area contributed by atoms with Crippen molar-refractivity contribution in [3.8, 4) is 5.75 Å². The van der Waals surface area contributed by atoms with Crippen molar-refractivity contribution in [2.45, 2.75) is 50.5 Å². The fourth-order valence-electron chi connectivity index (χ4n) is 3.04. The van der Waals surface area contributed by atoms with Gasteiger partial charge in [0.2, 0.25) is 0 Å². The van der Waals surface area contributed by atoms with Crippen molar-refractivity contribution < 1.29 is 14.3 Å². The number of hydrogen-bond donors (Lipinski definition) is 1. The Kier molecular flexibility index (Phi) is 5.48. The van der Waals surface area contributed by atoms with E-state index in [-0.39, 0.29) is 5.97 Å². The molecule has 21 heavy (non-hydrogen) atoms. The van der Waals surface area contributed by atoms with E-state index in [0.717, 1.165) is 37.1 Å². The van der Waals surface area contributed by atoms with Crippen LogP contribution in [0.1, 0.15) is 44.9 Å². The summed E-state index contributed by atoms with van der Waals surface area (Å²) in [6, 6.07) is 7.69. The summed E-state index contributed by atoms with van der Waals surface area (Å²) in [6.07, 6.45) is 7.39. The average molecular weight is 291 g/mol. The number of esters is 1. The molecule has 1 saturated carbocycles. The van der Waals surface area contributed by atoms with Gasteiger partial charge in [0.25, 0.3) is 0 Å². The van der Waals surface area contributed by atoms with Crippen LogP contribution in [0.3, 0.4) is 0 Å². The van der Waals surface area contributed by atoms with Gasteiger partial charge < -0.3 is 14.8 Å². The minimum atomic E-state index is -0.593. The topological polar surface area (TPSA) is 47.6 Å². The van der Waals surface area contributed by atoms with E-state index in [0.29, 0.717) is 0 Å². The molecule has 4 heteroatoms. The minimum absolute atomic E-state index is 0.153. The van der Waals surface area contributed by atoms with E-state index < -0.39 is 5.54 Å². The molecule has 0 spiro atoms. The molecule has 116 valence electrons. The summed E-state index contributed by atoms with van der Waals surface area (Å²) in [6.45, 7) is 0. The number of nitrogens with one attached hydrogen (secondary N) is 1. The predicted molar refractivity (Wildman–Crippen MR) is 83.7 cm³/mol. The van der Waals surface area contributed by atoms with E-state index in [9.17, 15) is 4.79 Å². The molecule has 0 atom stereocenters. The molecule has 1 fully saturated rings. The molecule has 0 aromatic heterocycles. The zero-order valence-electron chi connectivity index (χ0n) is 13.0. The van der Waals surface area contributed by atoms with Gasteiger partial charge in [0.05, 0.1) is 14.2 Å². The minimum Gasteiger partial charge on any atom is -0.497 e. The number of hydrogen-bond acceptors (Lipinski definition) is 4. The lowest BCUT2D eigenvalue weighted by molar-refractivity contribution is -0.146. The smallest absolute Gasteiger partial charge is 0.331 e. The number of carbonyl (C=O) groups excluding carboxylic acids is 1. The summed E-state index contributed by atoms with van der Waals surface area (Å²) in [5, 5.41) is 3.43. The Morgan fingerprint density at radius 3 is 2.10 bits per heavy atom. The van der Waals surface area contributed by atoms with Gasteiger partial charge in [0, 0.05) is 5.69 Å². The van der Waals surface area contributed by atoms with Crippen LogP contribution in [0, 0.1) is 0 Å². The highest BCUT2D eigenvalue weighted by Crippen LogP contribution is 2.31. The molecule has 0 bridgehead atoms. The molecule has 0 unspecified atom stereocenters. The fourth-order valence-corrected chi connectivity index (χ4v) is 3.04. The molecule has 1 N–H and O–H groups in total. The van der Waals surface area contributed by atoms with Gasteiger partial charge in [-0.3, -0.25) is 0 Å². The van der Waals surface area contributed by atoms with Crippen molar-refractivity contribution in [2.24, 2.45) is 0 Å². The van der Waals surface area contributed by atoms with E-state index in [1.54, 1.807) is 7.11 Å². The van der Waals surface area contributed by atoms with Gasteiger partial charge in [-0.25, -0.2) is 4.79 Å². The predicted octanol–water partition coefficient (Wildman–Crippen LogP) is 3.76. The highest BCUT2D eigenvalue weighted by molar-refractivity contribution is 5.84. The lowest BCUT2D eigenvalue weighted by Gasteiger charge is -2.34. The molecule has 2 rings (SSSR count). The summed E-state index contributed by atoms with van der Waals surface area (Å²) < 4.78 is 10.3. The number of anilines is 1. The Morgan fingerprint density at radius 2 is 1.57 bits per heavy atom. The number of benzene rings is 1. The summed E-state index contributed by atoms with van der Waals surface area (Å²) in [4.78, 5) is 12.4. The van der Waals surface area contributed by atoms with Crippen LogP contribution >= 0.6 is 0 Å². The molecule has 0 amide bonds. The Labute approximate surface area is 126 Å². The molecule has 1 aliphatic rings. The van der Waals surface area contributed by atoms with Crippen LogP contribution in [0.25, 0.3) is 0 Å². The largest absolute Gasteiger partial charge is 0.497 e. The molecule has 0 radical (unpaired) electrons. The lowest BCUT2D eigenvalue weighted by atomic mass is 9.83. The number of methoxy groups -OCH3 is 2. The van der Waals surface area contributed by atoms with E-state index in [1.165, 1.54) is 26.4 Å². The van der Waals surface area contributed by atoms with Crippen molar-refractivity contribution in [1.29, 1.82) is 0 Å². The second-order valence-electron chi connectivity index (χ2n) is 5.69. The third-order valence-electron chi connectivity index (χ3n) is 4.26. The highest BCUT2D eigenvalue weighted by atomic mass is 16.5. The number of carbonyl (C=O) groups is 1.